The third-order valence-electron chi connectivity index (χ3n) is 3.53. The van der Waals surface area contributed by atoms with Gasteiger partial charge in [-0.2, -0.15) is 4.39 Å². The van der Waals surface area contributed by atoms with Crippen molar-refractivity contribution in [1.29, 1.82) is 0 Å². The van der Waals surface area contributed by atoms with E-state index < -0.39 is 28.3 Å². The number of benzene rings is 2. The molecule has 0 aliphatic carbocycles. The van der Waals surface area contributed by atoms with Crippen LogP contribution in [-0.4, -0.2) is 35.9 Å². The second-order valence-corrected chi connectivity index (χ2v) is 5.27. The molecule has 0 fully saturated rings. The Hall–Kier alpha value is -3.29. The summed E-state index contributed by atoms with van der Waals surface area (Å²) in [6.07, 6.45) is 0. The summed E-state index contributed by atoms with van der Waals surface area (Å²) < 4.78 is 18.0. The number of amides is 1. The minimum atomic E-state index is -0.998. The van der Waals surface area contributed by atoms with Crippen LogP contribution in [0.15, 0.2) is 42.5 Å². The van der Waals surface area contributed by atoms with E-state index in [1.807, 2.05) is 0 Å². The fourth-order valence-electron chi connectivity index (χ4n) is 2.22. The second kappa shape index (κ2) is 7.52. The van der Waals surface area contributed by atoms with Gasteiger partial charge in [0.25, 0.3) is 5.91 Å². The smallest absolute Gasteiger partial charge is 0.337 e. The number of hydrogen-bond donors (Lipinski definition) is 0. The Morgan fingerprint density at radius 2 is 1.76 bits per heavy atom. The number of halogens is 1. The number of carbonyl (C=O) groups excluding carboxylic acids is 2. The lowest BCUT2D eigenvalue weighted by molar-refractivity contribution is -0.387. The Bertz CT molecular complexity index is 820. The third-order valence-corrected chi connectivity index (χ3v) is 3.53. The first kappa shape index (κ1) is 18.1. The lowest BCUT2D eigenvalue weighted by Crippen LogP contribution is -2.26. The van der Waals surface area contributed by atoms with E-state index in [9.17, 15) is 24.1 Å². The van der Waals surface area contributed by atoms with Crippen LogP contribution < -0.4 is 0 Å². The van der Waals surface area contributed by atoms with Crippen LogP contribution in [0.4, 0.5) is 10.1 Å². The normalized spacial score (nSPS) is 10.2. The number of ether oxygens (including phenoxy) is 1. The monoisotopic (exact) mass is 346 g/mol. The molecule has 0 spiro atoms. The van der Waals surface area contributed by atoms with Gasteiger partial charge in [0, 0.05) is 25.2 Å². The lowest BCUT2D eigenvalue weighted by Gasteiger charge is -2.17. The molecule has 0 bridgehead atoms. The predicted molar refractivity (Wildman–Crippen MR) is 86.6 cm³/mol. The molecule has 8 heteroatoms. The number of rotatable bonds is 5. The van der Waals surface area contributed by atoms with E-state index in [0.29, 0.717) is 5.56 Å². The number of nitro benzene ring substituents is 1. The Morgan fingerprint density at radius 1 is 1.16 bits per heavy atom. The molecule has 2 aromatic carbocycles. The van der Waals surface area contributed by atoms with E-state index in [1.165, 1.54) is 25.1 Å². The van der Waals surface area contributed by atoms with E-state index in [0.717, 1.165) is 17.7 Å². The van der Waals surface area contributed by atoms with Crippen molar-refractivity contribution in [2.75, 3.05) is 14.2 Å². The molecule has 2 rings (SSSR count). The van der Waals surface area contributed by atoms with Crippen molar-refractivity contribution in [2.24, 2.45) is 0 Å². The summed E-state index contributed by atoms with van der Waals surface area (Å²) in [5, 5.41) is 10.8. The molecule has 0 unspecified atom stereocenters. The van der Waals surface area contributed by atoms with Crippen molar-refractivity contribution < 1.29 is 23.6 Å². The van der Waals surface area contributed by atoms with E-state index in [2.05, 4.69) is 4.74 Å². The molecular formula is C17H15FN2O5. The highest BCUT2D eigenvalue weighted by atomic mass is 19.1. The minimum absolute atomic E-state index is 0.0155. The molecule has 0 aliphatic heterocycles. The van der Waals surface area contributed by atoms with Crippen LogP contribution in [0, 0.1) is 15.9 Å². The largest absolute Gasteiger partial charge is 0.465 e. The van der Waals surface area contributed by atoms with Gasteiger partial charge in [0.2, 0.25) is 5.82 Å². The molecule has 0 N–H and O–H groups in total. The third kappa shape index (κ3) is 4.17. The van der Waals surface area contributed by atoms with Gasteiger partial charge in [-0.1, -0.05) is 12.1 Å². The number of nitro groups is 1. The number of esters is 1. The van der Waals surface area contributed by atoms with Crippen molar-refractivity contribution in [3.05, 3.63) is 75.1 Å². The molecule has 0 radical (unpaired) electrons. The summed E-state index contributed by atoms with van der Waals surface area (Å²) in [7, 11) is 2.80. The van der Waals surface area contributed by atoms with Crippen LogP contribution in [0.25, 0.3) is 0 Å². The maximum absolute atomic E-state index is 13.4. The molecule has 0 atom stereocenters. The number of hydrogen-bond acceptors (Lipinski definition) is 5. The summed E-state index contributed by atoms with van der Waals surface area (Å²) >= 11 is 0. The van der Waals surface area contributed by atoms with E-state index in [1.54, 1.807) is 24.3 Å². The van der Waals surface area contributed by atoms with Gasteiger partial charge >= 0.3 is 11.7 Å². The maximum Gasteiger partial charge on any atom is 0.337 e. The van der Waals surface area contributed by atoms with Gasteiger partial charge in [0.1, 0.15) is 0 Å². The summed E-state index contributed by atoms with van der Waals surface area (Å²) in [4.78, 5) is 35.0. The van der Waals surface area contributed by atoms with Gasteiger partial charge < -0.3 is 9.64 Å². The van der Waals surface area contributed by atoms with Crippen LogP contribution in [0.2, 0.25) is 0 Å². The Labute approximate surface area is 142 Å². The molecule has 0 heterocycles. The average Bonchev–Trinajstić information content (AvgIpc) is 2.61. The Kier molecular flexibility index (Phi) is 5.43. The van der Waals surface area contributed by atoms with Crippen molar-refractivity contribution >= 4 is 17.6 Å². The fraction of sp³-hybridized carbons (Fsp3) is 0.176. The molecule has 0 aliphatic rings. The van der Waals surface area contributed by atoms with Crippen molar-refractivity contribution in [3.8, 4) is 0 Å². The highest BCUT2D eigenvalue weighted by molar-refractivity contribution is 5.94. The molecule has 130 valence electrons. The summed E-state index contributed by atoms with van der Waals surface area (Å²) in [6, 6.07) is 9.48. The zero-order chi connectivity index (χ0) is 18.6. The zero-order valence-electron chi connectivity index (χ0n) is 13.6. The first-order valence-electron chi connectivity index (χ1n) is 7.20. The van der Waals surface area contributed by atoms with Gasteiger partial charge in [-0.25, -0.2) is 4.79 Å². The number of carbonyl (C=O) groups is 2. The molecule has 25 heavy (non-hydrogen) atoms. The van der Waals surface area contributed by atoms with Crippen LogP contribution in [0.3, 0.4) is 0 Å². The van der Waals surface area contributed by atoms with Crippen LogP contribution in [0.5, 0.6) is 0 Å². The van der Waals surface area contributed by atoms with E-state index in [-0.39, 0.29) is 12.1 Å². The molecule has 0 saturated heterocycles. The zero-order valence-corrected chi connectivity index (χ0v) is 13.6. The predicted octanol–water partition coefficient (Wildman–Crippen LogP) is 2.79. The van der Waals surface area contributed by atoms with Crippen LogP contribution in [-0.2, 0) is 11.3 Å². The summed E-state index contributed by atoms with van der Waals surface area (Å²) in [5.74, 6) is -1.95. The Balaban J connectivity index is 2.14. The van der Waals surface area contributed by atoms with Crippen molar-refractivity contribution in [2.45, 2.75) is 6.54 Å². The molecule has 0 aromatic heterocycles. The van der Waals surface area contributed by atoms with Gasteiger partial charge in [0.15, 0.2) is 0 Å². The van der Waals surface area contributed by atoms with Gasteiger partial charge in [-0.15, -0.1) is 0 Å². The minimum Gasteiger partial charge on any atom is -0.465 e. The molecule has 0 saturated carbocycles. The average molecular weight is 346 g/mol. The topological polar surface area (TPSA) is 89.8 Å². The summed E-state index contributed by atoms with van der Waals surface area (Å²) in [6.45, 7) is 0.214. The number of nitrogens with zero attached hydrogens (tertiary/aromatic N) is 2. The standard InChI is InChI=1S/C17H15FN2O5/c1-19(10-11-3-5-12(6-4-11)17(22)25-2)16(21)13-7-8-14(18)15(9-13)20(23)24/h3-9H,10H2,1-2H3. The van der Waals surface area contributed by atoms with Gasteiger partial charge in [-0.05, 0) is 29.8 Å². The summed E-state index contributed by atoms with van der Waals surface area (Å²) in [5.41, 5.74) is 0.401. The first-order valence-corrected chi connectivity index (χ1v) is 7.20. The van der Waals surface area contributed by atoms with Crippen LogP contribution >= 0.6 is 0 Å². The van der Waals surface area contributed by atoms with E-state index >= 15 is 0 Å². The number of methoxy groups -OCH3 is 1. The molecule has 1 amide bonds. The highest BCUT2D eigenvalue weighted by Crippen LogP contribution is 2.20. The quantitative estimate of drug-likeness (QED) is 0.472. The molecule has 7 nitrogen and oxygen atoms in total. The maximum atomic E-state index is 13.4. The molecule has 2 aromatic rings. The fourth-order valence-corrected chi connectivity index (χ4v) is 2.22. The lowest BCUT2D eigenvalue weighted by atomic mass is 10.1. The van der Waals surface area contributed by atoms with Crippen molar-refractivity contribution in [1.82, 2.24) is 4.90 Å². The van der Waals surface area contributed by atoms with Crippen LogP contribution in [0.1, 0.15) is 26.3 Å². The van der Waals surface area contributed by atoms with Crippen molar-refractivity contribution in [3.63, 3.8) is 0 Å². The SMILES string of the molecule is COC(=O)c1ccc(CN(C)C(=O)c2ccc(F)c([N+](=O)[O-])c2)cc1. The van der Waals surface area contributed by atoms with Gasteiger partial charge in [0.05, 0.1) is 17.6 Å². The van der Waals surface area contributed by atoms with Gasteiger partial charge in [-0.3, -0.25) is 14.9 Å². The molecular weight excluding hydrogens is 331 g/mol. The second-order valence-electron chi connectivity index (χ2n) is 5.27. The Morgan fingerprint density at radius 3 is 2.32 bits per heavy atom. The highest BCUT2D eigenvalue weighted by Gasteiger charge is 2.19. The van der Waals surface area contributed by atoms with E-state index in [4.69, 9.17) is 0 Å². The first-order chi connectivity index (χ1) is 11.8.